The molecule has 1 aliphatic rings. The molecule has 5 heteroatoms. The van der Waals surface area contributed by atoms with E-state index in [0.717, 1.165) is 36.4 Å². The van der Waals surface area contributed by atoms with Crippen molar-refractivity contribution in [3.63, 3.8) is 0 Å². The maximum atomic E-state index is 12.8. The summed E-state index contributed by atoms with van der Waals surface area (Å²) in [5.41, 5.74) is 2.68. The molecule has 1 saturated heterocycles. The largest absolute Gasteiger partial charge is 0.494 e. The smallest absolute Gasteiger partial charge is 0.274 e. The number of ether oxygens (including phenoxy) is 1. The van der Waals surface area contributed by atoms with Crippen molar-refractivity contribution in [3.8, 4) is 5.75 Å². The van der Waals surface area contributed by atoms with Crippen molar-refractivity contribution >= 4 is 5.91 Å². The van der Waals surface area contributed by atoms with Gasteiger partial charge in [-0.05, 0) is 50.5 Å². The van der Waals surface area contributed by atoms with Crippen LogP contribution in [0.1, 0.15) is 47.6 Å². The molecule has 0 N–H and O–H groups in total. The van der Waals surface area contributed by atoms with Gasteiger partial charge in [-0.3, -0.25) is 9.48 Å². The molecule has 122 valence electrons. The van der Waals surface area contributed by atoms with Crippen LogP contribution in [0.2, 0.25) is 0 Å². The van der Waals surface area contributed by atoms with Crippen LogP contribution < -0.4 is 4.74 Å². The monoisotopic (exact) mass is 313 g/mol. The molecule has 1 aliphatic heterocycles. The van der Waals surface area contributed by atoms with Crippen molar-refractivity contribution < 1.29 is 9.53 Å². The molecule has 2 aromatic rings. The Morgan fingerprint density at radius 2 is 2.09 bits per heavy atom. The highest BCUT2D eigenvalue weighted by molar-refractivity contribution is 5.93. The van der Waals surface area contributed by atoms with Gasteiger partial charge in [-0.25, -0.2) is 0 Å². The summed E-state index contributed by atoms with van der Waals surface area (Å²) in [5, 5.41) is 4.33. The van der Waals surface area contributed by atoms with Crippen LogP contribution in [0.5, 0.6) is 5.75 Å². The lowest BCUT2D eigenvalue weighted by atomic mass is 10.0. The van der Waals surface area contributed by atoms with E-state index in [1.807, 2.05) is 44.0 Å². The van der Waals surface area contributed by atoms with Crippen LogP contribution in [0.15, 0.2) is 30.3 Å². The van der Waals surface area contributed by atoms with Crippen LogP contribution in [0.4, 0.5) is 0 Å². The van der Waals surface area contributed by atoms with Gasteiger partial charge in [-0.2, -0.15) is 5.10 Å². The minimum absolute atomic E-state index is 0.0186. The summed E-state index contributed by atoms with van der Waals surface area (Å²) in [7, 11) is 1.86. The minimum atomic E-state index is 0.0186. The highest BCUT2D eigenvalue weighted by atomic mass is 16.5. The van der Waals surface area contributed by atoms with Crippen LogP contribution in [0.3, 0.4) is 0 Å². The van der Waals surface area contributed by atoms with Gasteiger partial charge < -0.3 is 9.64 Å². The summed E-state index contributed by atoms with van der Waals surface area (Å²) in [4.78, 5) is 14.7. The van der Waals surface area contributed by atoms with E-state index in [2.05, 4.69) is 17.2 Å². The molecular weight excluding hydrogens is 290 g/mol. The van der Waals surface area contributed by atoms with Crippen molar-refractivity contribution in [1.29, 1.82) is 0 Å². The molecule has 1 aromatic heterocycles. The lowest BCUT2D eigenvalue weighted by Crippen LogP contribution is -2.31. The lowest BCUT2D eigenvalue weighted by Gasteiger charge is -2.24. The van der Waals surface area contributed by atoms with Gasteiger partial charge in [0, 0.05) is 19.3 Å². The Morgan fingerprint density at radius 1 is 1.35 bits per heavy atom. The molecule has 23 heavy (non-hydrogen) atoms. The Balaban J connectivity index is 1.80. The first kappa shape index (κ1) is 15.6. The molecule has 1 atom stereocenters. The molecule has 1 amide bonds. The van der Waals surface area contributed by atoms with Gasteiger partial charge in [0.05, 0.1) is 12.6 Å². The molecule has 0 aliphatic carbocycles. The highest BCUT2D eigenvalue weighted by Gasteiger charge is 2.31. The third-order valence-electron chi connectivity index (χ3n) is 4.42. The molecule has 0 bridgehead atoms. The quantitative estimate of drug-likeness (QED) is 0.871. The maximum absolute atomic E-state index is 12.8. The highest BCUT2D eigenvalue weighted by Crippen LogP contribution is 2.33. The first-order valence-corrected chi connectivity index (χ1v) is 8.14. The average molecular weight is 313 g/mol. The molecule has 0 spiro atoms. The first-order chi connectivity index (χ1) is 11.1. The fraction of sp³-hybridized carbons (Fsp3) is 0.444. The van der Waals surface area contributed by atoms with E-state index in [1.54, 1.807) is 4.68 Å². The fourth-order valence-electron chi connectivity index (χ4n) is 3.12. The standard InChI is InChI=1S/C18H23N3O2/c1-4-23-15-9-7-14(8-10-15)17-6-5-11-21(17)18(22)16-12-13(2)20(3)19-16/h7-10,12,17H,4-6,11H2,1-3H3. The second-order valence-electron chi connectivity index (χ2n) is 5.95. The molecule has 2 heterocycles. The lowest BCUT2D eigenvalue weighted by molar-refractivity contribution is 0.0729. The van der Waals surface area contributed by atoms with Crippen LogP contribution in [0.25, 0.3) is 0 Å². The molecule has 1 fully saturated rings. The zero-order chi connectivity index (χ0) is 16.4. The second-order valence-corrected chi connectivity index (χ2v) is 5.95. The van der Waals surface area contributed by atoms with E-state index in [0.29, 0.717) is 12.3 Å². The van der Waals surface area contributed by atoms with E-state index >= 15 is 0 Å². The van der Waals surface area contributed by atoms with Crippen LogP contribution in [-0.2, 0) is 7.05 Å². The third kappa shape index (κ3) is 3.09. The maximum Gasteiger partial charge on any atom is 0.274 e. The van der Waals surface area contributed by atoms with E-state index in [4.69, 9.17) is 4.74 Å². The summed E-state index contributed by atoms with van der Waals surface area (Å²) in [6.07, 6.45) is 2.01. The molecule has 3 rings (SSSR count). The van der Waals surface area contributed by atoms with Crippen LogP contribution in [-0.4, -0.2) is 33.7 Å². The average Bonchev–Trinajstić information content (AvgIpc) is 3.15. The predicted molar refractivity (Wildman–Crippen MR) is 88.6 cm³/mol. The number of carbonyl (C=O) groups is 1. The number of hydrogen-bond donors (Lipinski definition) is 0. The van der Waals surface area contributed by atoms with Crippen molar-refractivity contribution in [2.24, 2.45) is 7.05 Å². The number of rotatable bonds is 4. The van der Waals surface area contributed by atoms with Crippen molar-refractivity contribution in [1.82, 2.24) is 14.7 Å². The summed E-state index contributed by atoms with van der Waals surface area (Å²) < 4.78 is 7.23. The van der Waals surface area contributed by atoms with Crippen molar-refractivity contribution in [3.05, 3.63) is 47.3 Å². The van der Waals surface area contributed by atoms with Crippen LogP contribution >= 0.6 is 0 Å². The third-order valence-corrected chi connectivity index (χ3v) is 4.42. The molecule has 1 unspecified atom stereocenters. The number of hydrogen-bond acceptors (Lipinski definition) is 3. The van der Waals surface area contributed by atoms with Gasteiger partial charge >= 0.3 is 0 Å². The predicted octanol–water partition coefficient (Wildman–Crippen LogP) is 3.10. The van der Waals surface area contributed by atoms with Gasteiger partial charge in [0.2, 0.25) is 0 Å². The topological polar surface area (TPSA) is 47.4 Å². The summed E-state index contributed by atoms with van der Waals surface area (Å²) >= 11 is 0. The Morgan fingerprint density at radius 3 is 2.70 bits per heavy atom. The van der Waals surface area contributed by atoms with Gasteiger partial charge in [-0.15, -0.1) is 0 Å². The van der Waals surface area contributed by atoms with E-state index in [1.165, 1.54) is 0 Å². The number of aromatic nitrogens is 2. The van der Waals surface area contributed by atoms with E-state index < -0.39 is 0 Å². The van der Waals surface area contributed by atoms with Gasteiger partial charge in [0.15, 0.2) is 5.69 Å². The number of benzene rings is 1. The van der Waals surface area contributed by atoms with Gasteiger partial charge in [0.25, 0.3) is 5.91 Å². The number of likely N-dealkylation sites (tertiary alicyclic amines) is 1. The van der Waals surface area contributed by atoms with Crippen LogP contribution in [0, 0.1) is 6.92 Å². The first-order valence-electron chi connectivity index (χ1n) is 8.14. The Kier molecular flexibility index (Phi) is 4.37. The zero-order valence-electron chi connectivity index (χ0n) is 14.0. The number of nitrogens with zero attached hydrogens (tertiary/aromatic N) is 3. The van der Waals surface area contributed by atoms with E-state index in [9.17, 15) is 4.79 Å². The number of aryl methyl sites for hydroxylation is 2. The normalized spacial score (nSPS) is 17.5. The summed E-state index contributed by atoms with van der Waals surface area (Å²) in [6, 6.07) is 10.1. The summed E-state index contributed by atoms with van der Waals surface area (Å²) in [5.74, 6) is 0.887. The van der Waals surface area contributed by atoms with E-state index in [-0.39, 0.29) is 11.9 Å². The molecule has 0 saturated carbocycles. The Hall–Kier alpha value is -2.30. The molecule has 5 nitrogen and oxygen atoms in total. The number of amides is 1. The Labute approximate surface area is 136 Å². The molecule has 1 aromatic carbocycles. The number of carbonyl (C=O) groups excluding carboxylic acids is 1. The minimum Gasteiger partial charge on any atom is -0.494 e. The SMILES string of the molecule is CCOc1ccc(C2CCCN2C(=O)c2cc(C)n(C)n2)cc1. The molecule has 0 radical (unpaired) electrons. The summed E-state index contributed by atoms with van der Waals surface area (Å²) in [6.45, 7) is 5.37. The molecular formula is C18H23N3O2. The zero-order valence-corrected chi connectivity index (χ0v) is 14.0. The van der Waals surface area contributed by atoms with Gasteiger partial charge in [0.1, 0.15) is 5.75 Å². The van der Waals surface area contributed by atoms with Gasteiger partial charge in [-0.1, -0.05) is 12.1 Å². The fourth-order valence-corrected chi connectivity index (χ4v) is 3.12. The van der Waals surface area contributed by atoms with Crippen molar-refractivity contribution in [2.75, 3.05) is 13.2 Å². The van der Waals surface area contributed by atoms with Crippen molar-refractivity contribution in [2.45, 2.75) is 32.7 Å². The second kappa shape index (κ2) is 6.44. The Bertz CT molecular complexity index is 671.